The van der Waals surface area contributed by atoms with E-state index in [-0.39, 0.29) is 27.6 Å². The number of benzene rings is 2. The van der Waals surface area contributed by atoms with Crippen LogP contribution in [0, 0.1) is 13.7 Å². The quantitative estimate of drug-likeness (QED) is 0.271. The second-order valence-electron chi connectivity index (χ2n) is 4.68. The largest absolute Gasteiger partial charge is 0.478 e. The number of rotatable bonds is 4. The second-order valence-corrected chi connectivity index (χ2v) is 6.33. The minimum atomic E-state index is -1.16. The molecule has 3 N–H and O–H groups in total. The third-order valence-corrected chi connectivity index (χ3v) is 3.91. The third-order valence-electron chi connectivity index (χ3n) is 3.03. The second kappa shape index (κ2) is 7.98. The van der Waals surface area contributed by atoms with Gasteiger partial charge in [-0.3, -0.25) is 20.2 Å². The van der Waals surface area contributed by atoms with E-state index in [1.807, 2.05) is 22.6 Å². The fraction of sp³-hybridized carbons (Fsp3) is 0. The molecule has 0 aliphatic carbocycles. The molecule has 0 aromatic heterocycles. The van der Waals surface area contributed by atoms with Crippen molar-refractivity contribution in [1.82, 2.24) is 5.32 Å². The Hall–Kier alpha value is -2.60. The maximum absolute atomic E-state index is 12.2. The van der Waals surface area contributed by atoms with Crippen molar-refractivity contribution in [2.24, 2.45) is 0 Å². The molecule has 0 spiro atoms. The molecule has 0 bridgehead atoms. The van der Waals surface area contributed by atoms with E-state index >= 15 is 0 Å². The summed E-state index contributed by atoms with van der Waals surface area (Å²) in [5.74, 6) is -1.93. The van der Waals surface area contributed by atoms with Gasteiger partial charge in [0.05, 0.1) is 16.2 Å². The molecule has 2 aromatic carbocycles. The van der Waals surface area contributed by atoms with Gasteiger partial charge in [-0.15, -0.1) is 0 Å². The minimum absolute atomic E-state index is 0.0193. The van der Waals surface area contributed by atoms with Gasteiger partial charge in [-0.05, 0) is 59.1 Å². The summed E-state index contributed by atoms with van der Waals surface area (Å²) in [5, 5.41) is 24.9. The molecule has 128 valence electrons. The Morgan fingerprint density at radius 2 is 1.84 bits per heavy atom. The number of carboxylic acid groups (broad SMARTS) is 1. The van der Waals surface area contributed by atoms with Crippen LogP contribution in [0.15, 0.2) is 42.5 Å². The van der Waals surface area contributed by atoms with Crippen LogP contribution in [0.3, 0.4) is 0 Å². The Labute approximate surface area is 160 Å². The van der Waals surface area contributed by atoms with Crippen molar-refractivity contribution >= 4 is 63.2 Å². The maximum atomic E-state index is 12.2. The molecule has 0 unspecified atom stereocenters. The first-order valence-electron chi connectivity index (χ1n) is 6.68. The van der Waals surface area contributed by atoms with Crippen LogP contribution < -0.4 is 10.6 Å². The third kappa shape index (κ3) is 4.70. The van der Waals surface area contributed by atoms with Gasteiger partial charge >= 0.3 is 5.97 Å². The van der Waals surface area contributed by atoms with Gasteiger partial charge in [0.15, 0.2) is 5.11 Å². The van der Waals surface area contributed by atoms with Crippen LogP contribution in [0.5, 0.6) is 0 Å². The average molecular weight is 471 g/mol. The lowest BCUT2D eigenvalue weighted by atomic mass is 10.1. The number of nitrogens with zero attached hydrogens (tertiary/aromatic N) is 1. The molecule has 0 radical (unpaired) electrons. The number of hydrogen-bond donors (Lipinski definition) is 3. The van der Waals surface area contributed by atoms with Crippen molar-refractivity contribution in [3.63, 3.8) is 0 Å². The van der Waals surface area contributed by atoms with E-state index in [1.54, 1.807) is 6.07 Å². The number of anilines is 1. The number of hydrogen-bond acceptors (Lipinski definition) is 5. The topological polar surface area (TPSA) is 122 Å². The highest BCUT2D eigenvalue weighted by Crippen LogP contribution is 2.20. The van der Waals surface area contributed by atoms with Crippen LogP contribution in [0.25, 0.3) is 0 Å². The zero-order chi connectivity index (χ0) is 18.6. The highest BCUT2D eigenvalue weighted by Gasteiger charge is 2.20. The Morgan fingerprint density at radius 3 is 2.48 bits per heavy atom. The van der Waals surface area contributed by atoms with E-state index in [4.69, 9.17) is 12.2 Å². The number of carboxylic acids is 1. The summed E-state index contributed by atoms with van der Waals surface area (Å²) < 4.78 is 0.718. The first kappa shape index (κ1) is 18.7. The van der Waals surface area contributed by atoms with Gasteiger partial charge in [-0.25, -0.2) is 4.79 Å². The monoisotopic (exact) mass is 471 g/mol. The molecule has 0 aliphatic heterocycles. The fourth-order valence-corrected chi connectivity index (χ4v) is 2.65. The number of thiocarbonyl (C=S) groups is 1. The summed E-state index contributed by atoms with van der Waals surface area (Å²) in [6.45, 7) is 0. The Kier molecular flexibility index (Phi) is 5.98. The Morgan fingerprint density at radius 1 is 1.16 bits per heavy atom. The number of aromatic carboxylic acids is 1. The molecule has 0 saturated heterocycles. The lowest BCUT2D eigenvalue weighted by Gasteiger charge is -2.12. The van der Waals surface area contributed by atoms with Crippen LogP contribution >= 0.6 is 34.8 Å². The molecule has 0 aliphatic rings. The van der Waals surface area contributed by atoms with E-state index in [0.29, 0.717) is 0 Å². The molecule has 10 heteroatoms. The molecule has 0 fully saturated rings. The molecule has 0 heterocycles. The zero-order valence-corrected chi connectivity index (χ0v) is 15.3. The number of nitro benzene ring substituents is 1. The van der Waals surface area contributed by atoms with Gasteiger partial charge in [-0.1, -0.05) is 12.1 Å². The van der Waals surface area contributed by atoms with Gasteiger partial charge < -0.3 is 10.4 Å². The Bertz CT molecular complexity index is 887. The lowest BCUT2D eigenvalue weighted by Crippen LogP contribution is -2.34. The van der Waals surface area contributed by atoms with Gasteiger partial charge in [0.2, 0.25) is 0 Å². The first-order valence-corrected chi connectivity index (χ1v) is 8.17. The normalized spacial score (nSPS) is 9.96. The van der Waals surface area contributed by atoms with E-state index in [0.717, 1.165) is 3.57 Å². The molecule has 0 saturated carbocycles. The summed E-state index contributed by atoms with van der Waals surface area (Å²) in [7, 11) is 0. The van der Waals surface area contributed by atoms with Crippen LogP contribution in [-0.2, 0) is 0 Å². The average Bonchev–Trinajstić information content (AvgIpc) is 2.56. The van der Waals surface area contributed by atoms with E-state index < -0.39 is 16.8 Å². The number of para-hydroxylation sites is 1. The number of nitrogens with one attached hydrogen (secondary N) is 2. The summed E-state index contributed by atoms with van der Waals surface area (Å²) >= 11 is 6.96. The predicted octanol–water partition coefficient (Wildman–Crippen LogP) is 3.02. The van der Waals surface area contributed by atoms with Gasteiger partial charge in [0.1, 0.15) is 5.56 Å². The zero-order valence-electron chi connectivity index (χ0n) is 12.4. The smallest absolute Gasteiger partial charge is 0.337 e. The van der Waals surface area contributed by atoms with Crippen LogP contribution in [0.4, 0.5) is 11.4 Å². The van der Waals surface area contributed by atoms with Crippen molar-refractivity contribution in [1.29, 1.82) is 0 Å². The van der Waals surface area contributed by atoms with Gasteiger partial charge in [0, 0.05) is 9.64 Å². The highest BCUT2D eigenvalue weighted by atomic mass is 127. The Balaban J connectivity index is 2.18. The standard InChI is InChI=1S/C15H10IN3O5S/c16-8-5-6-11(10(7-8)14(21)22)17-15(25)18-13(20)9-3-1-2-4-12(9)19(23)24/h1-7H,(H,21,22)(H2,17,18,20,25). The number of nitro groups is 1. The van der Waals surface area contributed by atoms with Crippen molar-refractivity contribution < 1.29 is 19.6 Å². The number of amides is 1. The number of carbonyl (C=O) groups is 2. The molecular weight excluding hydrogens is 461 g/mol. The first-order chi connectivity index (χ1) is 11.8. The predicted molar refractivity (Wildman–Crippen MR) is 103 cm³/mol. The molecule has 0 atom stereocenters. The summed E-state index contributed by atoms with van der Waals surface area (Å²) in [6, 6.07) is 10.0. The van der Waals surface area contributed by atoms with Crippen molar-refractivity contribution in [2.45, 2.75) is 0 Å². The molecular formula is C15H10IN3O5S. The van der Waals surface area contributed by atoms with E-state index in [9.17, 15) is 24.8 Å². The summed E-state index contributed by atoms with van der Waals surface area (Å²) in [5.41, 5.74) is -0.337. The van der Waals surface area contributed by atoms with Gasteiger partial charge in [-0.2, -0.15) is 0 Å². The van der Waals surface area contributed by atoms with Crippen molar-refractivity contribution in [3.05, 3.63) is 67.3 Å². The molecule has 1 amide bonds. The van der Waals surface area contributed by atoms with Crippen LogP contribution in [0.2, 0.25) is 0 Å². The SMILES string of the molecule is O=C(O)c1cc(I)ccc1NC(=S)NC(=O)c1ccccc1[N+](=O)[O-]. The number of carbonyl (C=O) groups excluding carboxylic acids is 1. The van der Waals surface area contributed by atoms with Crippen LogP contribution in [0.1, 0.15) is 20.7 Å². The molecule has 2 rings (SSSR count). The van der Waals surface area contributed by atoms with Gasteiger partial charge in [0.25, 0.3) is 11.6 Å². The number of halogens is 1. The maximum Gasteiger partial charge on any atom is 0.337 e. The molecule has 2 aromatic rings. The fourth-order valence-electron chi connectivity index (χ4n) is 1.95. The molecule has 8 nitrogen and oxygen atoms in total. The van der Waals surface area contributed by atoms with E-state index in [2.05, 4.69) is 10.6 Å². The lowest BCUT2D eigenvalue weighted by molar-refractivity contribution is -0.385. The van der Waals surface area contributed by atoms with E-state index in [1.165, 1.54) is 36.4 Å². The summed E-state index contributed by atoms with van der Waals surface area (Å²) in [6.07, 6.45) is 0. The summed E-state index contributed by atoms with van der Waals surface area (Å²) in [4.78, 5) is 33.7. The minimum Gasteiger partial charge on any atom is -0.478 e. The van der Waals surface area contributed by atoms with Crippen molar-refractivity contribution in [2.75, 3.05) is 5.32 Å². The molecule has 25 heavy (non-hydrogen) atoms. The van der Waals surface area contributed by atoms with Crippen molar-refractivity contribution in [3.8, 4) is 0 Å². The van der Waals surface area contributed by atoms with Crippen LogP contribution in [-0.4, -0.2) is 27.0 Å². The highest BCUT2D eigenvalue weighted by molar-refractivity contribution is 14.1.